The monoisotopic (exact) mass is 494 g/mol. The van der Waals surface area contributed by atoms with Gasteiger partial charge in [0.15, 0.2) is 0 Å². The summed E-state index contributed by atoms with van der Waals surface area (Å²) in [5, 5.41) is 18.4. The largest absolute Gasteiger partial charge is 0.491 e. The van der Waals surface area contributed by atoms with Gasteiger partial charge in [-0.2, -0.15) is 0 Å². The van der Waals surface area contributed by atoms with Gasteiger partial charge in [0.05, 0.1) is 11.8 Å². The molecule has 36 heavy (non-hydrogen) atoms. The van der Waals surface area contributed by atoms with Gasteiger partial charge in [0.2, 0.25) is 5.91 Å². The number of aromatic nitrogens is 4. The highest BCUT2D eigenvalue weighted by Crippen LogP contribution is 2.36. The van der Waals surface area contributed by atoms with Gasteiger partial charge in [0, 0.05) is 35.5 Å². The van der Waals surface area contributed by atoms with Gasteiger partial charge in [-0.25, -0.2) is 9.07 Å². The average Bonchev–Trinajstić information content (AvgIpc) is 3.49. The van der Waals surface area contributed by atoms with Gasteiger partial charge in [0.25, 0.3) is 0 Å². The molecule has 4 rings (SSSR count). The van der Waals surface area contributed by atoms with Crippen molar-refractivity contribution in [1.82, 2.24) is 30.8 Å². The molecule has 9 heteroatoms. The van der Waals surface area contributed by atoms with E-state index in [1.165, 1.54) is 12.1 Å². The van der Waals surface area contributed by atoms with Gasteiger partial charge in [-0.05, 0) is 73.0 Å². The zero-order chi connectivity index (χ0) is 25.9. The minimum absolute atomic E-state index is 0.00839. The van der Waals surface area contributed by atoms with Crippen molar-refractivity contribution in [2.45, 2.75) is 78.1 Å². The zero-order valence-corrected chi connectivity index (χ0v) is 21.5. The second-order valence-electron chi connectivity index (χ2n) is 10.7. The molecule has 0 bridgehead atoms. The fourth-order valence-electron chi connectivity index (χ4n) is 4.66. The number of carbonyl (C=O) groups excluding carboxylic acids is 1. The minimum Gasteiger partial charge on any atom is -0.491 e. The Morgan fingerprint density at radius 3 is 2.50 bits per heavy atom. The third-order valence-electron chi connectivity index (χ3n) is 6.48. The summed E-state index contributed by atoms with van der Waals surface area (Å²) in [5.41, 5.74) is 2.34. The first-order valence-corrected chi connectivity index (χ1v) is 12.4. The standard InChI is InChI=1S/C27H35FN6O2/c1-17(2)36-24-13-10-21(34-16-30-32-33-34)14-19(24)15-29-22-11-12-23(31-26(35)27(3,4)5)25(22)18-6-8-20(28)9-7-18/h6-10,13-14,16-17,22-23,25,29H,11-12,15H2,1-5H3,(H,31,35)/t22-,23-,25-/m1/s1. The lowest BCUT2D eigenvalue weighted by Gasteiger charge is -2.29. The quantitative estimate of drug-likeness (QED) is 0.489. The predicted molar refractivity (Wildman–Crippen MR) is 135 cm³/mol. The molecule has 1 aliphatic carbocycles. The second kappa shape index (κ2) is 10.7. The van der Waals surface area contributed by atoms with E-state index in [9.17, 15) is 9.18 Å². The molecule has 3 atom stereocenters. The summed E-state index contributed by atoms with van der Waals surface area (Å²) in [5.74, 6) is 0.547. The highest BCUT2D eigenvalue weighted by atomic mass is 19.1. The molecule has 1 heterocycles. The van der Waals surface area contributed by atoms with Gasteiger partial charge < -0.3 is 15.4 Å². The topological polar surface area (TPSA) is 94.0 Å². The van der Waals surface area contributed by atoms with E-state index in [-0.39, 0.29) is 35.8 Å². The van der Waals surface area contributed by atoms with Crippen LogP contribution in [0, 0.1) is 11.2 Å². The van der Waals surface area contributed by atoms with Crippen LogP contribution in [0.1, 0.15) is 64.5 Å². The van der Waals surface area contributed by atoms with E-state index in [1.54, 1.807) is 11.0 Å². The normalized spacial score (nSPS) is 20.0. The molecule has 0 radical (unpaired) electrons. The van der Waals surface area contributed by atoms with Crippen molar-refractivity contribution >= 4 is 5.91 Å². The zero-order valence-electron chi connectivity index (χ0n) is 21.5. The number of carbonyl (C=O) groups is 1. The number of rotatable bonds is 8. The molecule has 2 N–H and O–H groups in total. The molecule has 2 aromatic carbocycles. The first kappa shape index (κ1) is 25.8. The Bertz CT molecular complexity index is 1160. The maximum absolute atomic E-state index is 13.7. The maximum atomic E-state index is 13.7. The molecule has 0 saturated heterocycles. The number of nitrogens with zero attached hydrogens (tertiary/aromatic N) is 4. The van der Waals surface area contributed by atoms with Crippen molar-refractivity contribution < 1.29 is 13.9 Å². The number of halogens is 1. The molecule has 3 aromatic rings. The van der Waals surface area contributed by atoms with Crippen LogP contribution in [-0.4, -0.2) is 44.3 Å². The van der Waals surface area contributed by atoms with Crippen molar-refractivity contribution in [3.63, 3.8) is 0 Å². The summed E-state index contributed by atoms with van der Waals surface area (Å²) in [6, 6.07) is 12.5. The highest BCUT2D eigenvalue weighted by molar-refractivity contribution is 5.81. The van der Waals surface area contributed by atoms with E-state index in [1.807, 2.05) is 65.0 Å². The van der Waals surface area contributed by atoms with Crippen LogP contribution in [0.5, 0.6) is 5.75 Å². The van der Waals surface area contributed by atoms with Crippen molar-refractivity contribution in [1.29, 1.82) is 0 Å². The van der Waals surface area contributed by atoms with Crippen LogP contribution >= 0.6 is 0 Å². The van der Waals surface area contributed by atoms with Gasteiger partial charge in [-0.1, -0.05) is 32.9 Å². The number of nitrogens with one attached hydrogen (secondary N) is 2. The molecule has 1 aliphatic rings. The fourth-order valence-corrected chi connectivity index (χ4v) is 4.66. The minimum atomic E-state index is -0.487. The van der Waals surface area contributed by atoms with E-state index >= 15 is 0 Å². The van der Waals surface area contributed by atoms with Crippen molar-refractivity contribution in [3.8, 4) is 11.4 Å². The average molecular weight is 495 g/mol. The van der Waals surface area contributed by atoms with E-state index < -0.39 is 5.41 Å². The summed E-state index contributed by atoms with van der Waals surface area (Å²) in [6.07, 6.45) is 3.30. The number of hydrogen-bond acceptors (Lipinski definition) is 6. The summed E-state index contributed by atoms with van der Waals surface area (Å²) in [4.78, 5) is 12.8. The third kappa shape index (κ3) is 6.07. The maximum Gasteiger partial charge on any atom is 0.225 e. The molecule has 1 aromatic heterocycles. The Morgan fingerprint density at radius 1 is 1.14 bits per heavy atom. The van der Waals surface area contributed by atoms with Crippen molar-refractivity contribution in [2.75, 3.05) is 0 Å². The van der Waals surface area contributed by atoms with Crippen LogP contribution in [0.15, 0.2) is 48.8 Å². The van der Waals surface area contributed by atoms with Gasteiger partial charge in [0.1, 0.15) is 17.9 Å². The van der Waals surface area contributed by atoms with Crippen LogP contribution in [0.4, 0.5) is 4.39 Å². The van der Waals surface area contributed by atoms with E-state index in [4.69, 9.17) is 4.74 Å². The van der Waals surface area contributed by atoms with Crippen LogP contribution in [0.25, 0.3) is 5.69 Å². The Morgan fingerprint density at radius 2 is 1.86 bits per heavy atom. The second-order valence-corrected chi connectivity index (χ2v) is 10.7. The highest BCUT2D eigenvalue weighted by Gasteiger charge is 2.39. The van der Waals surface area contributed by atoms with Crippen molar-refractivity contribution in [2.24, 2.45) is 5.41 Å². The van der Waals surface area contributed by atoms with Crippen LogP contribution in [0.2, 0.25) is 0 Å². The Kier molecular flexibility index (Phi) is 7.68. The summed E-state index contributed by atoms with van der Waals surface area (Å²) >= 11 is 0. The number of tetrazole rings is 1. The number of benzene rings is 2. The van der Waals surface area contributed by atoms with Crippen molar-refractivity contribution in [3.05, 3.63) is 65.7 Å². The number of ether oxygens (including phenoxy) is 1. The smallest absolute Gasteiger partial charge is 0.225 e. The fraction of sp³-hybridized carbons (Fsp3) is 0.481. The SMILES string of the molecule is CC(C)Oc1ccc(-n2cnnn2)cc1CN[C@@H]1CC[C@@H](NC(=O)C(C)(C)C)[C@@H]1c1ccc(F)cc1. The van der Waals surface area contributed by atoms with E-state index in [0.29, 0.717) is 6.54 Å². The molecule has 1 amide bonds. The Labute approximate surface area is 211 Å². The lowest BCUT2D eigenvalue weighted by molar-refractivity contribution is -0.129. The molecular weight excluding hydrogens is 459 g/mol. The number of hydrogen-bond donors (Lipinski definition) is 2. The molecule has 0 spiro atoms. The summed E-state index contributed by atoms with van der Waals surface area (Å²) in [6.45, 7) is 10.3. The third-order valence-corrected chi connectivity index (χ3v) is 6.48. The predicted octanol–water partition coefficient (Wildman–Crippen LogP) is 4.16. The lowest BCUT2D eigenvalue weighted by Crippen LogP contribution is -2.45. The first-order valence-electron chi connectivity index (χ1n) is 12.4. The van der Waals surface area contributed by atoms with Gasteiger partial charge >= 0.3 is 0 Å². The Balaban J connectivity index is 1.58. The molecule has 0 unspecified atom stereocenters. The van der Waals surface area contributed by atoms with E-state index in [2.05, 4.69) is 26.2 Å². The lowest BCUT2D eigenvalue weighted by atomic mass is 9.89. The first-order chi connectivity index (χ1) is 17.1. The molecule has 8 nitrogen and oxygen atoms in total. The molecular formula is C27H35FN6O2. The van der Waals surface area contributed by atoms with Crippen LogP contribution in [-0.2, 0) is 11.3 Å². The Hall–Kier alpha value is -3.33. The summed E-state index contributed by atoms with van der Waals surface area (Å²) in [7, 11) is 0. The summed E-state index contributed by atoms with van der Waals surface area (Å²) < 4.78 is 21.4. The molecule has 1 fully saturated rings. The van der Waals surface area contributed by atoms with Gasteiger partial charge in [-0.15, -0.1) is 5.10 Å². The molecule has 0 aliphatic heterocycles. The number of amides is 1. The van der Waals surface area contributed by atoms with E-state index in [0.717, 1.165) is 35.4 Å². The van der Waals surface area contributed by atoms with Gasteiger partial charge in [-0.3, -0.25) is 4.79 Å². The van der Waals surface area contributed by atoms with Crippen LogP contribution < -0.4 is 15.4 Å². The molecule has 192 valence electrons. The molecule has 1 saturated carbocycles. The van der Waals surface area contributed by atoms with Crippen LogP contribution in [0.3, 0.4) is 0 Å².